The Morgan fingerprint density at radius 2 is 1.50 bits per heavy atom. The number of hydrogen-bond donors (Lipinski definition) is 0. The topological polar surface area (TPSA) is 0 Å². The molecule has 0 saturated heterocycles. The van der Waals surface area contributed by atoms with Crippen LogP contribution in [0, 0.1) is 23.0 Å². The van der Waals surface area contributed by atoms with Crippen LogP contribution in [0.3, 0.4) is 0 Å². The second-order valence-corrected chi connectivity index (χ2v) is 7.60. The molecule has 0 aromatic rings. The Balaban J connectivity index is 0. The van der Waals surface area contributed by atoms with Gasteiger partial charge in [0, 0.05) is 0 Å². The third kappa shape index (κ3) is 6.00. The summed E-state index contributed by atoms with van der Waals surface area (Å²) < 4.78 is 0. The standard InChI is InChI=1S/C11H15.C10H15.2ClH.Zr/c1-11(8-4-5-9-11)10-6-2-3-7-10;1-7-6-10(4,5)9(3)8(7)2;;;/h6-7H,2,4-5,8-9H2,1H3;1-5H3;2*1H;/q2*-1;;;+2. The Morgan fingerprint density at radius 3 is 1.79 bits per heavy atom. The summed E-state index contributed by atoms with van der Waals surface area (Å²) in [4.78, 5) is 0. The fourth-order valence-electron chi connectivity index (χ4n) is 3.67. The van der Waals surface area contributed by atoms with Crippen LogP contribution in [0.25, 0.3) is 0 Å². The van der Waals surface area contributed by atoms with E-state index < -0.39 is 0 Å². The van der Waals surface area contributed by atoms with Crippen LogP contribution in [-0.4, -0.2) is 0 Å². The first-order valence-electron chi connectivity index (χ1n) is 8.33. The SMILES string of the molecule is CC1(C2=CC[C-]=C2)CCCC1.CC1=[C-]C(C)(C)C(C)=C1C.Cl.Cl.[Zr+2]. The summed E-state index contributed by atoms with van der Waals surface area (Å²) in [6, 6.07) is 0. The molecule has 1 fully saturated rings. The van der Waals surface area contributed by atoms with Gasteiger partial charge in [0.05, 0.1) is 0 Å². The van der Waals surface area contributed by atoms with E-state index in [0.717, 1.165) is 6.42 Å². The largest absolute Gasteiger partial charge is 2.00 e. The van der Waals surface area contributed by atoms with Gasteiger partial charge >= 0.3 is 26.2 Å². The van der Waals surface area contributed by atoms with Crippen molar-refractivity contribution in [2.75, 3.05) is 0 Å². The van der Waals surface area contributed by atoms with Crippen LogP contribution >= 0.6 is 24.8 Å². The van der Waals surface area contributed by atoms with Crippen LogP contribution in [0.4, 0.5) is 0 Å². The van der Waals surface area contributed by atoms with Crippen molar-refractivity contribution >= 4 is 24.8 Å². The third-order valence-electron chi connectivity index (χ3n) is 5.66. The van der Waals surface area contributed by atoms with Gasteiger partial charge in [-0.3, -0.25) is 12.2 Å². The molecular weight excluding hydrogens is 414 g/mol. The Morgan fingerprint density at radius 1 is 0.958 bits per heavy atom. The molecule has 0 aromatic carbocycles. The molecule has 3 aliphatic rings. The molecule has 0 amide bonds. The van der Waals surface area contributed by atoms with Crippen molar-refractivity contribution in [3.8, 4) is 0 Å². The van der Waals surface area contributed by atoms with Crippen molar-refractivity contribution < 1.29 is 26.2 Å². The summed E-state index contributed by atoms with van der Waals surface area (Å²) in [5.74, 6) is 0. The zero-order valence-corrected chi connectivity index (χ0v) is 20.1. The molecule has 0 nitrogen and oxygen atoms in total. The van der Waals surface area contributed by atoms with Crippen LogP contribution in [0.15, 0.2) is 34.4 Å². The minimum Gasteiger partial charge on any atom is -0.273 e. The second kappa shape index (κ2) is 10.5. The van der Waals surface area contributed by atoms with Gasteiger partial charge in [0.2, 0.25) is 0 Å². The van der Waals surface area contributed by atoms with E-state index in [-0.39, 0.29) is 56.4 Å². The maximum Gasteiger partial charge on any atom is 2.00 e. The summed E-state index contributed by atoms with van der Waals surface area (Å²) in [5, 5.41) is 0. The minimum absolute atomic E-state index is 0. The molecule has 0 atom stereocenters. The maximum absolute atomic E-state index is 3.44. The van der Waals surface area contributed by atoms with Gasteiger partial charge < -0.3 is 0 Å². The molecule has 0 unspecified atom stereocenters. The summed E-state index contributed by atoms with van der Waals surface area (Å²) >= 11 is 0. The van der Waals surface area contributed by atoms with Gasteiger partial charge in [-0.15, -0.1) is 38.2 Å². The minimum atomic E-state index is 0. The van der Waals surface area contributed by atoms with Crippen molar-refractivity contribution in [2.45, 2.75) is 73.6 Å². The zero-order valence-electron chi connectivity index (χ0n) is 16.0. The van der Waals surface area contributed by atoms with Crippen molar-refractivity contribution in [1.29, 1.82) is 0 Å². The van der Waals surface area contributed by atoms with Crippen LogP contribution in [0.2, 0.25) is 0 Å². The Bertz CT molecular complexity index is 530. The van der Waals surface area contributed by atoms with Crippen LogP contribution in [0.1, 0.15) is 73.6 Å². The first-order chi connectivity index (χ1) is 9.76. The predicted molar refractivity (Wildman–Crippen MR) is 106 cm³/mol. The van der Waals surface area contributed by atoms with E-state index in [0.29, 0.717) is 5.41 Å². The molecule has 1 saturated carbocycles. The molecule has 3 aliphatic carbocycles. The molecule has 3 heteroatoms. The Kier molecular flexibility index (Phi) is 11.7. The first kappa shape index (κ1) is 26.7. The van der Waals surface area contributed by atoms with E-state index >= 15 is 0 Å². The number of rotatable bonds is 1. The van der Waals surface area contributed by atoms with Gasteiger partial charge in [0.15, 0.2) is 0 Å². The monoisotopic (exact) mass is 444 g/mol. The Labute approximate surface area is 181 Å². The van der Waals surface area contributed by atoms with E-state index in [1.807, 2.05) is 0 Å². The summed E-state index contributed by atoms with van der Waals surface area (Å²) in [5.41, 5.74) is 6.46. The average Bonchev–Trinajstić information content (AvgIpc) is 3.11. The summed E-state index contributed by atoms with van der Waals surface area (Å²) in [6.07, 6.45) is 17.9. The first-order valence-corrected chi connectivity index (χ1v) is 8.33. The molecule has 0 heterocycles. The van der Waals surface area contributed by atoms with Gasteiger partial charge in [-0.05, 0) is 0 Å². The normalized spacial score (nSPS) is 22.4. The van der Waals surface area contributed by atoms with E-state index in [4.69, 9.17) is 0 Å². The smallest absolute Gasteiger partial charge is 0.273 e. The maximum atomic E-state index is 3.44. The number of halogens is 2. The van der Waals surface area contributed by atoms with Crippen molar-refractivity contribution in [2.24, 2.45) is 10.8 Å². The van der Waals surface area contributed by atoms with Gasteiger partial charge in [-0.1, -0.05) is 71.1 Å². The molecule has 0 bridgehead atoms. The van der Waals surface area contributed by atoms with Crippen molar-refractivity contribution in [3.63, 3.8) is 0 Å². The summed E-state index contributed by atoms with van der Waals surface area (Å²) in [6.45, 7) is 13.3. The van der Waals surface area contributed by atoms with Gasteiger partial charge in [0.1, 0.15) is 0 Å². The Hall–Kier alpha value is 0.423. The van der Waals surface area contributed by atoms with Gasteiger partial charge in [0.25, 0.3) is 0 Å². The molecule has 0 spiro atoms. The second-order valence-electron chi connectivity index (χ2n) is 7.60. The van der Waals surface area contributed by atoms with E-state index in [1.165, 1.54) is 42.4 Å². The predicted octanol–water partition coefficient (Wildman–Crippen LogP) is 7.21. The molecule has 0 aliphatic heterocycles. The van der Waals surface area contributed by atoms with Crippen LogP contribution < -0.4 is 0 Å². The molecule has 134 valence electrons. The molecule has 24 heavy (non-hydrogen) atoms. The summed E-state index contributed by atoms with van der Waals surface area (Å²) in [7, 11) is 0. The van der Waals surface area contributed by atoms with Crippen molar-refractivity contribution in [3.05, 3.63) is 46.6 Å². The molecule has 0 N–H and O–H groups in total. The quantitative estimate of drug-likeness (QED) is 0.373. The molecular formula is C21H32Cl2Zr. The number of allylic oxidation sites excluding steroid dienone is 8. The number of hydrogen-bond acceptors (Lipinski definition) is 0. The molecule has 3 rings (SSSR count). The van der Waals surface area contributed by atoms with Crippen LogP contribution in [-0.2, 0) is 26.2 Å². The third-order valence-corrected chi connectivity index (χ3v) is 5.66. The fourth-order valence-corrected chi connectivity index (χ4v) is 3.67. The fraction of sp³-hybridized carbons (Fsp3) is 0.619. The van der Waals surface area contributed by atoms with Crippen molar-refractivity contribution in [1.82, 2.24) is 0 Å². The van der Waals surface area contributed by atoms with E-state index in [1.54, 1.807) is 5.57 Å². The zero-order chi connectivity index (χ0) is 15.7. The van der Waals surface area contributed by atoms with Gasteiger partial charge in [-0.25, -0.2) is 11.6 Å². The van der Waals surface area contributed by atoms with E-state index in [9.17, 15) is 0 Å². The molecule has 0 radical (unpaired) electrons. The van der Waals surface area contributed by atoms with Crippen LogP contribution in [0.5, 0.6) is 0 Å². The van der Waals surface area contributed by atoms with E-state index in [2.05, 4.69) is 65.8 Å². The molecule has 0 aromatic heterocycles. The van der Waals surface area contributed by atoms with Gasteiger partial charge in [-0.2, -0.15) is 22.8 Å². The average molecular weight is 447 g/mol.